The van der Waals surface area contributed by atoms with Crippen LogP contribution in [0.1, 0.15) is 43.1 Å². The van der Waals surface area contributed by atoms with Crippen LogP contribution >= 0.6 is 0 Å². The van der Waals surface area contributed by atoms with Crippen LogP contribution in [0, 0.1) is 0 Å². The SMILES string of the molecule is CC(C)(C)c1ccc(OCCCNC(=O)Nc2ccccc2C(N)=O)cc1. The molecule has 2 aromatic carbocycles. The third-order valence-electron chi connectivity index (χ3n) is 4.04. The largest absolute Gasteiger partial charge is 0.494 e. The van der Waals surface area contributed by atoms with E-state index in [2.05, 4.69) is 43.5 Å². The molecule has 0 spiro atoms. The first-order chi connectivity index (χ1) is 12.8. The molecule has 0 saturated carbocycles. The van der Waals surface area contributed by atoms with E-state index in [1.807, 2.05) is 12.1 Å². The number of hydrogen-bond donors (Lipinski definition) is 3. The van der Waals surface area contributed by atoms with Crippen LogP contribution in [-0.2, 0) is 5.41 Å². The summed E-state index contributed by atoms with van der Waals surface area (Å²) in [6, 6.07) is 14.3. The second-order valence-corrected chi connectivity index (χ2v) is 7.27. The number of amides is 3. The Kier molecular flexibility index (Phi) is 6.82. The highest BCUT2D eigenvalue weighted by Crippen LogP contribution is 2.24. The van der Waals surface area contributed by atoms with Crippen LogP contribution in [0.4, 0.5) is 10.5 Å². The Hall–Kier alpha value is -3.02. The summed E-state index contributed by atoms with van der Waals surface area (Å²) < 4.78 is 5.69. The number of nitrogens with two attached hydrogens (primary N) is 1. The maximum atomic E-state index is 11.9. The molecule has 0 aromatic heterocycles. The molecule has 0 radical (unpaired) electrons. The monoisotopic (exact) mass is 369 g/mol. The molecule has 0 unspecified atom stereocenters. The van der Waals surface area contributed by atoms with E-state index in [1.165, 1.54) is 5.56 Å². The molecule has 2 rings (SSSR count). The average molecular weight is 369 g/mol. The second-order valence-electron chi connectivity index (χ2n) is 7.27. The zero-order valence-corrected chi connectivity index (χ0v) is 16.0. The Morgan fingerprint density at radius 1 is 1.04 bits per heavy atom. The van der Waals surface area contributed by atoms with Gasteiger partial charge in [0.15, 0.2) is 0 Å². The van der Waals surface area contributed by atoms with E-state index in [0.717, 1.165) is 5.75 Å². The molecule has 6 nitrogen and oxygen atoms in total. The third kappa shape index (κ3) is 6.33. The van der Waals surface area contributed by atoms with Gasteiger partial charge >= 0.3 is 6.03 Å². The minimum absolute atomic E-state index is 0.114. The van der Waals surface area contributed by atoms with Crippen molar-refractivity contribution in [3.63, 3.8) is 0 Å². The van der Waals surface area contributed by atoms with Gasteiger partial charge in [0.2, 0.25) is 0 Å². The van der Waals surface area contributed by atoms with Crippen molar-refractivity contribution in [1.82, 2.24) is 5.32 Å². The molecule has 6 heteroatoms. The van der Waals surface area contributed by atoms with Crippen LogP contribution in [-0.4, -0.2) is 25.1 Å². The number of urea groups is 1. The molecule has 4 N–H and O–H groups in total. The summed E-state index contributed by atoms with van der Waals surface area (Å²) in [6.45, 7) is 7.45. The molecule has 0 aliphatic rings. The maximum Gasteiger partial charge on any atom is 0.319 e. The van der Waals surface area contributed by atoms with Gasteiger partial charge in [-0.15, -0.1) is 0 Å². The molecule has 0 saturated heterocycles. The lowest BCUT2D eigenvalue weighted by atomic mass is 9.87. The van der Waals surface area contributed by atoms with E-state index in [9.17, 15) is 9.59 Å². The Labute approximate surface area is 160 Å². The van der Waals surface area contributed by atoms with Crippen molar-refractivity contribution in [2.45, 2.75) is 32.6 Å². The molecular formula is C21H27N3O3. The maximum absolute atomic E-state index is 11.9. The number of ether oxygens (including phenoxy) is 1. The molecule has 0 atom stereocenters. The molecule has 144 valence electrons. The number of carbonyl (C=O) groups excluding carboxylic acids is 2. The van der Waals surface area contributed by atoms with Gasteiger partial charge in [0.05, 0.1) is 17.9 Å². The lowest BCUT2D eigenvalue weighted by Gasteiger charge is -2.19. The summed E-state index contributed by atoms with van der Waals surface area (Å²) in [6.07, 6.45) is 0.659. The number of rotatable bonds is 7. The summed E-state index contributed by atoms with van der Waals surface area (Å²) in [5, 5.41) is 5.36. The van der Waals surface area contributed by atoms with Crippen LogP contribution in [0.25, 0.3) is 0 Å². The molecule has 0 aliphatic carbocycles. The molecule has 2 aromatic rings. The topological polar surface area (TPSA) is 93.4 Å². The predicted octanol–water partition coefficient (Wildman–Crippen LogP) is 3.67. The number of para-hydroxylation sites is 1. The first-order valence-electron chi connectivity index (χ1n) is 8.94. The Bertz CT molecular complexity index is 780. The fourth-order valence-electron chi connectivity index (χ4n) is 2.49. The van der Waals surface area contributed by atoms with Gasteiger partial charge in [-0.3, -0.25) is 4.79 Å². The number of anilines is 1. The summed E-state index contributed by atoms with van der Waals surface area (Å²) in [5.74, 6) is 0.222. The Morgan fingerprint density at radius 3 is 2.33 bits per heavy atom. The van der Waals surface area contributed by atoms with Gasteiger partial charge in [0.1, 0.15) is 5.75 Å². The van der Waals surface area contributed by atoms with E-state index >= 15 is 0 Å². The van der Waals surface area contributed by atoms with E-state index in [0.29, 0.717) is 25.3 Å². The quantitative estimate of drug-likeness (QED) is 0.650. The van der Waals surface area contributed by atoms with Crippen LogP contribution in [0.3, 0.4) is 0 Å². The van der Waals surface area contributed by atoms with Crippen molar-refractivity contribution in [2.24, 2.45) is 5.73 Å². The smallest absolute Gasteiger partial charge is 0.319 e. The molecule has 0 bridgehead atoms. The van der Waals surface area contributed by atoms with Crippen LogP contribution < -0.4 is 21.1 Å². The van der Waals surface area contributed by atoms with E-state index in [4.69, 9.17) is 10.5 Å². The highest BCUT2D eigenvalue weighted by atomic mass is 16.5. The molecular weight excluding hydrogens is 342 g/mol. The zero-order valence-electron chi connectivity index (χ0n) is 16.0. The highest BCUT2D eigenvalue weighted by Gasteiger charge is 2.13. The van der Waals surface area contributed by atoms with Gasteiger partial charge in [-0.25, -0.2) is 4.79 Å². The lowest BCUT2D eigenvalue weighted by molar-refractivity contribution is 0.100. The van der Waals surface area contributed by atoms with E-state index in [1.54, 1.807) is 24.3 Å². The number of benzene rings is 2. The fraction of sp³-hybridized carbons (Fsp3) is 0.333. The molecule has 3 amide bonds. The first kappa shape index (κ1) is 20.3. The number of nitrogens with one attached hydrogen (secondary N) is 2. The van der Waals surface area contributed by atoms with Gasteiger partial charge in [-0.2, -0.15) is 0 Å². The zero-order chi connectivity index (χ0) is 19.9. The van der Waals surface area contributed by atoms with Crippen LogP contribution in [0.5, 0.6) is 5.75 Å². The number of primary amides is 1. The standard InChI is InChI=1S/C21H27N3O3/c1-21(2,3)15-9-11-16(12-10-15)27-14-6-13-23-20(26)24-18-8-5-4-7-17(18)19(22)25/h4-5,7-12H,6,13-14H2,1-3H3,(H2,22,25)(H2,23,24,26). The second kappa shape index (κ2) is 9.07. The van der Waals surface area contributed by atoms with Crippen LogP contribution in [0.2, 0.25) is 0 Å². The van der Waals surface area contributed by atoms with Crippen molar-refractivity contribution in [1.29, 1.82) is 0 Å². The van der Waals surface area contributed by atoms with Crippen LogP contribution in [0.15, 0.2) is 48.5 Å². The lowest BCUT2D eigenvalue weighted by Crippen LogP contribution is -2.31. The summed E-state index contributed by atoms with van der Waals surface area (Å²) >= 11 is 0. The number of hydrogen-bond acceptors (Lipinski definition) is 3. The van der Waals surface area contributed by atoms with Crippen molar-refractivity contribution in [3.8, 4) is 5.75 Å². The predicted molar refractivity (Wildman–Crippen MR) is 107 cm³/mol. The van der Waals surface area contributed by atoms with Gasteiger partial charge in [0.25, 0.3) is 5.91 Å². The van der Waals surface area contributed by atoms with Crippen molar-refractivity contribution in [3.05, 3.63) is 59.7 Å². The van der Waals surface area contributed by atoms with Crippen molar-refractivity contribution in [2.75, 3.05) is 18.5 Å². The van der Waals surface area contributed by atoms with E-state index < -0.39 is 11.9 Å². The third-order valence-corrected chi connectivity index (χ3v) is 4.04. The van der Waals surface area contributed by atoms with Gasteiger partial charge in [-0.05, 0) is 41.7 Å². The van der Waals surface area contributed by atoms with Crippen molar-refractivity contribution < 1.29 is 14.3 Å². The van der Waals surface area contributed by atoms with E-state index in [-0.39, 0.29) is 11.0 Å². The highest BCUT2D eigenvalue weighted by molar-refractivity contribution is 6.02. The van der Waals surface area contributed by atoms with Crippen molar-refractivity contribution >= 4 is 17.6 Å². The van der Waals surface area contributed by atoms with Gasteiger partial charge < -0.3 is 21.1 Å². The minimum Gasteiger partial charge on any atom is -0.494 e. The fourth-order valence-corrected chi connectivity index (χ4v) is 2.49. The molecule has 0 heterocycles. The first-order valence-corrected chi connectivity index (χ1v) is 8.94. The number of carbonyl (C=O) groups is 2. The van der Waals surface area contributed by atoms with Gasteiger partial charge in [0, 0.05) is 6.54 Å². The Morgan fingerprint density at radius 2 is 1.70 bits per heavy atom. The minimum atomic E-state index is -0.586. The molecule has 0 fully saturated rings. The molecule has 0 aliphatic heterocycles. The average Bonchev–Trinajstić information content (AvgIpc) is 2.61. The summed E-state index contributed by atoms with van der Waals surface area (Å²) in [7, 11) is 0. The summed E-state index contributed by atoms with van der Waals surface area (Å²) in [5.41, 5.74) is 7.32. The molecule has 27 heavy (non-hydrogen) atoms. The summed E-state index contributed by atoms with van der Waals surface area (Å²) in [4.78, 5) is 23.3. The normalized spacial score (nSPS) is 10.9. The Balaban J connectivity index is 1.71. The van der Waals surface area contributed by atoms with Gasteiger partial charge in [-0.1, -0.05) is 45.0 Å².